The van der Waals surface area contributed by atoms with Crippen LogP contribution in [0.2, 0.25) is 0 Å². The summed E-state index contributed by atoms with van der Waals surface area (Å²) in [6.07, 6.45) is 3.89. The topological polar surface area (TPSA) is 69.6 Å². The molecule has 0 radical (unpaired) electrons. The second kappa shape index (κ2) is 4.16. The van der Waals surface area contributed by atoms with Gasteiger partial charge in [-0.05, 0) is 47.0 Å². The van der Waals surface area contributed by atoms with Crippen LogP contribution in [0, 0.1) is 5.92 Å². The van der Waals surface area contributed by atoms with Crippen molar-refractivity contribution in [2.45, 2.75) is 25.8 Å². The minimum absolute atomic E-state index is 0.755. The van der Waals surface area contributed by atoms with Gasteiger partial charge in [-0.3, -0.25) is 0 Å². The van der Waals surface area contributed by atoms with E-state index < -0.39 is 0 Å². The van der Waals surface area contributed by atoms with Crippen LogP contribution in [0.15, 0.2) is 24.3 Å². The lowest BCUT2D eigenvalue weighted by atomic mass is 10.2. The van der Waals surface area contributed by atoms with Gasteiger partial charge in [0, 0.05) is 17.8 Å². The Morgan fingerprint density at radius 2 is 2.00 bits per heavy atom. The molecule has 1 aromatic heterocycles. The second-order valence-corrected chi connectivity index (χ2v) is 4.58. The van der Waals surface area contributed by atoms with Crippen LogP contribution in [-0.4, -0.2) is 20.2 Å². The molecule has 1 aromatic carbocycles. The van der Waals surface area contributed by atoms with Crippen molar-refractivity contribution < 1.29 is 0 Å². The molecule has 1 saturated carbocycles. The summed E-state index contributed by atoms with van der Waals surface area (Å²) in [5.41, 5.74) is 7.44. The summed E-state index contributed by atoms with van der Waals surface area (Å²) < 4.78 is 1.88. The number of hydrogen-bond acceptors (Lipinski definition) is 4. The van der Waals surface area contributed by atoms with Gasteiger partial charge in [-0.25, -0.2) is 4.68 Å². The summed E-state index contributed by atoms with van der Waals surface area (Å²) in [4.78, 5) is 0. The summed E-state index contributed by atoms with van der Waals surface area (Å²) in [5, 5.41) is 11.9. The Balaban J connectivity index is 1.81. The number of nitrogens with two attached hydrogens (primary N) is 1. The van der Waals surface area contributed by atoms with Gasteiger partial charge < -0.3 is 5.73 Å². The van der Waals surface area contributed by atoms with Gasteiger partial charge in [0.1, 0.15) is 0 Å². The molecule has 1 aliphatic rings. The molecule has 2 N–H and O–H groups in total. The number of hydrogen-bond donors (Lipinski definition) is 1. The molecule has 0 spiro atoms. The molecular weight excluding hydrogens is 214 g/mol. The van der Waals surface area contributed by atoms with Gasteiger partial charge in [-0.2, -0.15) is 0 Å². The monoisotopic (exact) mass is 229 g/mol. The van der Waals surface area contributed by atoms with Crippen LogP contribution < -0.4 is 5.73 Å². The summed E-state index contributed by atoms with van der Waals surface area (Å²) in [6, 6.07) is 7.65. The summed E-state index contributed by atoms with van der Waals surface area (Å²) in [7, 11) is 0. The van der Waals surface area contributed by atoms with Crippen molar-refractivity contribution in [3.05, 3.63) is 24.3 Å². The first-order valence-corrected chi connectivity index (χ1v) is 5.95. The number of rotatable bonds is 4. The molecule has 1 heterocycles. The third-order valence-corrected chi connectivity index (χ3v) is 3.15. The zero-order valence-electron chi connectivity index (χ0n) is 9.58. The van der Waals surface area contributed by atoms with E-state index in [0.29, 0.717) is 0 Å². The fourth-order valence-corrected chi connectivity index (χ4v) is 1.91. The molecule has 3 rings (SSSR count). The number of benzene rings is 1. The third kappa shape index (κ3) is 2.27. The Bertz CT molecular complexity index is 498. The van der Waals surface area contributed by atoms with Crippen molar-refractivity contribution in [1.29, 1.82) is 0 Å². The van der Waals surface area contributed by atoms with Crippen molar-refractivity contribution in [2.24, 2.45) is 5.92 Å². The molecule has 5 nitrogen and oxygen atoms in total. The first-order chi connectivity index (χ1) is 8.33. The predicted molar refractivity (Wildman–Crippen MR) is 65.0 cm³/mol. The molecule has 0 atom stereocenters. The maximum Gasteiger partial charge on any atom is 0.182 e. The van der Waals surface area contributed by atoms with Crippen LogP contribution in [0.3, 0.4) is 0 Å². The molecule has 17 heavy (non-hydrogen) atoms. The Hall–Kier alpha value is -1.91. The van der Waals surface area contributed by atoms with Crippen molar-refractivity contribution in [2.75, 3.05) is 5.73 Å². The number of nitrogens with zero attached hydrogens (tertiary/aromatic N) is 4. The van der Waals surface area contributed by atoms with E-state index in [4.69, 9.17) is 5.73 Å². The maximum absolute atomic E-state index is 5.67. The molecule has 5 heteroatoms. The Kier molecular flexibility index (Phi) is 2.51. The highest BCUT2D eigenvalue weighted by molar-refractivity contribution is 5.58. The highest BCUT2D eigenvalue weighted by Crippen LogP contribution is 2.33. The standard InChI is InChI=1S/C12H15N5/c13-11-5-3-10(4-6-11)12-14-15-16-17(12)8-7-9-1-2-9/h3-6,9H,1-2,7-8,13H2. The molecule has 1 aliphatic carbocycles. The lowest BCUT2D eigenvalue weighted by Crippen LogP contribution is -2.03. The van der Waals surface area contributed by atoms with Gasteiger partial charge in [0.15, 0.2) is 5.82 Å². The molecular formula is C12H15N5. The first kappa shape index (κ1) is 10.3. The van der Waals surface area contributed by atoms with E-state index in [1.165, 1.54) is 19.3 Å². The minimum Gasteiger partial charge on any atom is -0.399 e. The zero-order chi connectivity index (χ0) is 11.7. The average Bonchev–Trinajstić information content (AvgIpc) is 3.06. The van der Waals surface area contributed by atoms with Crippen LogP contribution in [0.5, 0.6) is 0 Å². The molecule has 2 aromatic rings. The third-order valence-electron chi connectivity index (χ3n) is 3.15. The van der Waals surface area contributed by atoms with Crippen LogP contribution in [0.1, 0.15) is 19.3 Å². The van der Waals surface area contributed by atoms with E-state index in [2.05, 4.69) is 15.5 Å². The summed E-state index contributed by atoms with van der Waals surface area (Å²) >= 11 is 0. The van der Waals surface area contributed by atoms with Crippen molar-refractivity contribution in [3.63, 3.8) is 0 Å². The van der Waals surface area contributed by atoms with Crippen molar-refractivity contribution in [3.8, 4) is 11.4 Å². The average molecular weight is 229 g/mol. The van der Waals surface area contributed by atoms with Gasteiger partial charge >= 0.3 is 0 Å². The van der Waals surface area contributed by atoms with E-state index in [-0.39, 0.29) is 0 Å². The SMILES string of the molecule is Nc1ccc(-c2nnnn2CCC2CC2)cc1. The van der Waals surface area contributed by atoms with Crippen LogP contribution in [-0.2, 0) is 6.54 Å². The summed E-state index contributed by atoms with van der Waals surface area (Å²) in [6.45, 7) is 0.900. The normalized spacial score (nSPS) is 15.1. The second-order valence-electron chi connectivity index (χ2n) is 4.58. The van der Waals surface area contributed by atoms with E-state index in [1.807, 2.05) is 28.9 Å². The Morgan fingerprint density at radius 1 is 1.24 bits per heavy atom. The summed E-state index contributed by atoms with van der Waals surface area (Å²) in [5.74, 6) is 1.71. The van der Waals surface area contributed by atoms with E-state index in [1.54, 1.807) is 0 Å². The van der Waals surface area contributed by atoms with Gasteiger partial charge in [-0.1, -0.05) is 12.8 Å². The van der Waals surface area contributed by atoms with Crippen molar-refractivity contribution >= 4 is 5.69 Å². The highest BCUT2D eigenvalue weighted by Gasteiger charge is 2.21. The van der Waals surface area contributed by atoms with Crippen molar-refractivity contribution in [1.82, 2.24) is 20.2 Å². The van der Waals surface area contributed by atoms with Gasteiger partial charge in [0.25, 0.3) is 0 Å². The molecule has 0 amide bonds. The first-order valence-electron chi connectivity index (χ1n) is 5.95. The quantitative estimate of drug-likeness (QED) is 0.810. The minimum atomic E-state index is 0.755. The number of nitrogen functional groups attached to an aromatic ring is 1. The Labute approximate surface area is 99.6 Å². The molecule has 0 aliphatic heterocycles. The molecule has 0 bridgehead atoms. The van der Waals surface area contributed by atoms with E-state index in [0.717, 1.165) is 29.5 Å². The molecule has 1 fully saturated rings. The van der Waals surface area contributed by atoms with Crippen LogP contribution >= 0.6 is 0 Å². The number of tetrazole rings is 1. The molecule has 0 saturated heterocycles. The van der Waals surface area contributed by atoms with Crippen LogP contribution in [0.25, 0.3) is 11.4 Å². The van der Waals surface area contributed by atoms with E-state index >= 15 is 0 Å². The largest absolute Gasteiger partial charge is 0.399 e. The fraction of sp³-hybridized carbons (Fsp3) is 0.417. The zero-order valence-corrected chi connectivity index (χ0v) is 9.58. The van der Waals surface area contributed by atoms with Gasteiger partial charge in [0.05, 0.1) is 0 Å². The Morgan fingerprint density at radius 3 is 2.71 bits per heavy atom. The lowest BCUT2D eigenvalue weighted by Gasteiger charge is -2.04. The molecule has 88 valence electrons. The van der Waals surface area contributed by atoms with Gasteiger partial charge in [-0.15, -0.1) is 5.10 Å². The fourth-order valence-electron chi connectivity index (χ4n) is 1.91. The predicted octanol–water partition coefficient (Wildman–Crippen LogP) is 1.72. The number of aromatic nitrogens is 4. The number of aryl methyl sites for hydroxylation is 1. The smallest absolute Gasteiger partial charge is 0.182 e. The van der Waals surface area contributed by atoms with Crippen LogP contribution in [0.4, 0.5) is 5.69 Å². The highest BCUT2D eigenvalue weighted by atomic mass is 15.5. The van der Waals surface area contributed by atoms with E-state index in [9.17, 15) is 0 Å². The van der Waals surface area contributed by atoms with Gasteiger partial charge in [0.2, 0.25) is 0 Å². The lowest BCUT2D eigenvalue weighted by molar-refractivity contribution is 0.535. The maximum atomic E-state index is 5.67. The molecule has 0 unspecified atom stereocenters. The number of anilines is 1.